The summed E-state index contributed by atoms with van der Waals surface area (Å²) in [6.07, 6.45) is -8.57. The van der Waals surface area contributed by atoms with Gasteiger partial charge in [-0.15, -0.1) is 0 Å². The fourth-order valence-electron chi connectivity index (χ4n) is 6.84. The van der Waals surface area contributed by atoms with Crippen molar-refractivity contribution in [3.8, 4) is 0 Å². The highest BCUT2D eigenvalue weighted by Crippen LogP contribution is 2.37. The first-order valence-corrected chi connectivity index (χ1v) is 16.1. The third kappa shape index (κ3) is 8.96. The number of aryl methyl sites for hydroxylation is 2. The van der Waals surface area contributed by atoms with Crippen molar-refractivity contribution in [1.82, 2.24) is 20.0 Å². The van der Waals surface area contributed by atoms with Gasteiger partial charge >= 0.3 is 12.4 Å². The van der Waals surface area contributed by atoms with Crippen LogP contribution < -0.4 is 5.32 Å². The monoisotopic (exact) mass is 674 g/mol. The zero-order valence-corrected chi connectivity index (χ0v) is 27.0. The molecule has 2 atom stereocenters. The normalized spacial score (nSPS) is 19.7. The van der Waals surface area contributed by atoms with Crippen molar-refractivity contribution in [2.24, 2.45) is 0 Å². The summed E-state index contributed by atoms with van der Waals surface area (Å²) in [6, 6.07) is 15.9. The fraction of sp³-hybridized carbons (Fsp3) is 0.444. The number of carbonyl (C=O) groups is 2. The molecule has 2 amide bonds. The molecular weight excluding hydrogens is 634 g/mol. The molecule has 2 heterocycles. The highest BCUT2D eigenvalue weighted by Gasteiger charge is 2.40. The van der Waals surface area contributed by atoms with Crippen LogP contribution in [0.2, 0.25) is 0 Å². The number of carbonyl (C=O) groups excluding carboxylic acids is 2. The number of halogens is 6. The number of piperidine rings is 1. The van der Waals surface area contributed by atoms with E-state index in [0.717, 1.165) is 42.9 Å². The van der Waals surface area contributed by atoms with Crippen molar-refractivity contribution < 1.29 is 35.9 Å². The van der Waals surface area contributed by atoms with Crippen LogP contribution in [0.4, 0.5) is 26.3 Å². The molecule has 0 unspecified atom stereocenters. The van der Waals surface area contributed by atoms with Gasteiger partial charge in [0.05, 0.1) is 11.1 Å². The van der Waals surface area contributed by atoms with Gasteiger partial charge in [-0.2, -0.15) is 26.3 Å². The summed E-state index contributed by atoms with van der Waals surface area (Å²) in [5.41, 5.74) is 0.00445. The zero-order chi connectivity index (χ0) is 34.6. The number of hydrogen-bond donors (Lipinski definition) is 1. The fourth-order valence-corrected chi connectivity index (χ4v) is 6.84. The standard InChI is InChI=1S/C36H40F6N4O2/c1-24-16-25(2)18-27(17-24)33(47)43-9-11-44-12-14-45(15-13-44)31-8-10-46(32(23-31)19-26-6-4-3-5-7-26)34(48)28-20-29(35(37,38)39)22-30(21-28)36(40,41)42/h3-7,16-18,20-22,31-32H,8-15,19,23H2,1-2H3,(H,43,47)/t31-,32-/m0/s1. The van der Waals surface area contributed by atoms with Crippen LogP contribution in [0.25, 0.3) is 0 Å². The molecule has 1 N–H and O–H groups in total. The highest BCUT2D eigenvalue weighted by atomic mass is 19.4. The lowest BCUT2D eigenvalue weighted by Crippen LogP contribution is -2.57. The van der Waals surface area contributed by atoms with Gasteiger partial charge in [0.25, 0.3) is 11.8 Å². The van der Waals surface area contributed by atoms with Gasteiger partial charge in [0.1, 0.15) is 0 Å². The van der Waals surface area contributed by atoms with Crippen molar-refractivity contribution in [2.75, 3.05) is 45.8 Å². The molecule has 258 valence electrons. The lowest BCUT2D eigenvalue weighted by molar-refractivity contribution is -0.143. The van der Waals surface area contributed by atoms with Crippen LogP contribution in [0.5, 0.6) is 0 Å². The Balaban J connectivity index is 1.23. The second-order valence-corrected chi connectivity index (χ2v) is 12.8. The van der Waals surface area contributed by atoms with Gasteiger partial charge in [-0.25, -0.2) is 0 Å². The lowest BCUT2D eigenvalue weighted by Gasteiger charge is -2.46. The average Bonchev–Trinajstić information content (AvgIpc) is 3.04. The number of nitrogens with one attached hydrogen (secondary N) is 1. The Morgan fingerprint density at radius 1 is 0.771 bits per heavy atom. The molecule has 2 saturated heterocycles. The minimum absolute atomic E-state index is 0.0446. The maximum atomic E-state index is 13.7. The van der Waals surface area contributed by atoms with Crippen LogP contribution in [0.1, 0.15) is 61.4 Å². The Bertz CT molecular complexity index is 1530. The molecule has 12 heteroatoms. The van der Waals surface area contributed by atoms with Gasteiger partial charge in [-0.1, -0.05) is 47.5 Å². The molecule has 2 fully saturated rings. The van der Waals surface area contributed by atoms with E-state index in [4.69, 9.17) is 0 Å². The van der Waals surface area contributed by atoms with Gasteiger partial charge in [-0.3, -0.25) is 19.4 Å². The number of likely N-dealkylation sites (tertiary alicyclic amines) is 1. The minimum Gasteiger partial charge on any atom is -0.351 e. The van der Waals surface area contributed by atoms with Crippen molar-refractivity contribution >= 4 is 11.8 Å². The third-order valence-electron chi connectivity index (χ3n) is 9.22. The number of rotatable bonds is 8. The van der Waals surface area contributed by atoms with Crippen LogP contribution in [0.3, 0.4) is 0 Å². The largest absolute Gasteiger partial charge is 0.416 e. The van der Waals surface area contributed by atoms with Gasteiger partial charge in [-0.05, 0) is 69.0 Å². The molecule has 3 aromatic rings. The molecule has 0 saturated carbocycles. The summed E-state index contributed by atoms with van der Waals surface area (Å²) in [5, 5.41) is 3.00. The Kier molecular flexibility index (Phi) is 10.8. The van der Waals surface area contributed by atoms with Gasteiger partial charge < -0.3 is 10.2 Å². The summed E-state index contributed by atoms with van der Waals surface area (Å²) in [4.78, 5) is 32.4. The molecule has 0 aromatic heterocycles. The Morgan fingerprint density at radius 3 is 1.96 bits per heavy atom. The lowest BCUT2D eigenvalue weighted by atomic mass is 9.90. The Hall–Kier alpha value is -3.90. The van der Waals surface area contributed by atoms with Crippen molar-refractivity contribution in [3.05, 3.63) is 106 Å². The van der Waals surface area contributed by atoms with Gasteiger partial charge in [0.2, 0.25) is 0 Å². The van der Waals surface area contributed by atoms with Gasteiger partial charge in [0.15, 0.2) is 0 Å². The third-order valence-corrected chi connectivity index (χ3v) is 9.22. The Labute approximate surface area is 276 Å². The molecule has 0 radical (unpaired) electrons. The quantitative estimate of drug-likeness (QED) is 0.274. The molecule has 5 rings (SSSR count). The number of nitrogens with zero attached hydrogens (tertiary/aromatic N) is 3. The summed E-state index contributed by atoms with van der Waals surface area (Å²) < 4.78 is 81.4. The number of piperazine rings is 1. The average molecular weight is 675 g/mol. The predicted molar refractivity (Wildman–Crippen MR) is 171 cm³/mol. The molecule has 2 aliphatic heterocycles. The van der Waals surface area contributed by atoms with Crippen LogP contribution >= 0.6 is 0 Å². The summed E-state index contributed by atoms with van der Waals surface area (Å²) in [7, 11) is 0. The van der Waals surface area contributed by atoms with E-state index in [1.54, 1.807) is 0 Å². The highest BCUT2D eigenvalue weighted by molar-refractivity contribution is 5.95. The topological polar surface area (TPSA) is 55.9 Å². The summed E-state index contributed by atoms with van der Waals surface area (Å²) in [6.45, 7) is 8.44. The summed E-state index contributed by atoms with van der Waals surface area (Å²) >= 11 is 0. The molecule has 3 aromatic carbocycles. The van der Waals surface area contributed by atoms with E-state index in [1.165, 1.54) is 4.90 Å². The first kappa shape index (κ1) is 35.4. The van der Waals surface area contributed by atoms with E-state index in [0.29, 0.717) is 50.0 Å². The van der Waals surface area contributed by atoms with E-state index in [1.807, 2.05) is 62.4 Å². The second-order valence-electron chi connectivity index (χ2n) is 12.8. The first-order chi connectivity index (χ1) is 22.7. The second kappa shape index (κ2) is 14.7. The van der Waals surface area contributed by atoms with Gasteiger partial charge in [0, 0.05) is 69.0 Å². The van der Waals surface area contributed by atoms with Crippen molar-refractivity contribution in [1.29, 1.82) is 0 Å². The Morgan fingerprint density at radius 2 is 1.38 bits per heavy atom. The number of amides is 2. The smallest absolute Gasteiger partial charge is 0.351 e. The van der Waals surface area contributed by atoms with E-state index >= 15 is 0 Å². The van der Waals surface area contributed by atoms with Crippen LogP contribution in [-0.2, 0) is 18.8 Å². The van der Waals surface area contributed by atoms with E-state index in [2.05, 4.69) is 15.1 Å². The van der Waals surface area contributed by atoms with Crippen LogP contribution in [0.15, 0.2) is 66.7 Å². The molecule has 0 aliphatic carbocycles. The van der Waals surface area contributed by atoms with E-state index in [9.17, 15) is 35.9 Å². The van der Waals surface area contributed by atoms with E-state index < -0.39 is 41.0 Å². The van der Waals surface area contributed by atoms with Crippen LogP contribution in [0, 0.1) is 13.8 Å². The predicted octanol–water partition coefficient (Wildman–Crippen LogP) is 6.60. The van der Waals surface area contributed by atoms with E-state index in [-0.39, 0.29) is 24.6 Å². The molecular formula is C36H40F6N4O2. The van der Waals surface area contributed by atoms with Crippen molar-refractivity contribution in [3.63, 3.8) is 0 Å². The maximum absolute atomic E-state index is 13.7. The van der Waals surface area contributed by atoms with Crippen molar-refractivity contribution in [2.45, 2.75) is 57.5 Å². The maximum Gasteiger partial charge on any atom is 0.416 e. The molecule has 0 bridgehead atoms. The minimum atomic E-state index is -5.04. The molecule has 2 aliphatic rings. The summed E-state index contributed by atoms with van der Waals surface area (Å²) in [5.74, 6) is -0.940. The zero-order valence-electron chi connectivity index (χ0n) is 27.0. The van der Waals surface area contributed by atoms with Crippen LogP contribution in [-0.4, -0.2) is 84.4 Å². The first-order valence-electron chi connectivity index (χ1n) is 16.1. The number of benzene rings is 3. The number of alkyl halides is 6. The molecule has 6 nitrogen and oxygen atoms in total. The molecule has 48 heavy (non-hydrogen) atoms. The SMILES string of the molecule is Cc1cc(C)cc(C(=O)NCCN2CCN([C@H]3CCN(C(=O)c4cc(C(F)(F)F)cc(C(F)(F)F)c4)[C@@H](Cc4ccccc4)C3)CC2)c1. The number of hydrogen-bond acceptors (Lipinski definition) is 4. The molecule has 0 spiro atoms.